The van der Waals surface area contributed by atoms with Gasteiger partial charge in [-0.05, 0) is 78.2 Å². The number of carbonyl (C=O) groups excluding carboxylic acids is 1. The van der Waals surface area contributed by atoms with Crippen LogP contribution in [0, 0.1) is 0 Å². The van der Waals surface area contributed by atoms with Gasteiger partial charge in [0.25, 0.3) is 0 Å². The van der Waals surface area contributed by atoms with Gasteiger partial charge in [0.05, 0.1) is 34.9 Å². The Morgan fingerprint density at radius 2 is 1.46 bits per heavy atom. The number of likely N-dealkylation sites (tertiary alicyclic amines) is 1. The van der Waals surface area contributed by atoms with Crippen LogP contribution < -0.4 is 23.8 Å². The van der Waals surface area contributed by atoms with Crippen LogP contribution in [0.4, 0.5) is 5.69 Å². The number of anilines is 1. The van der Waals surface area contributed by atoms with E-state index in [0.717, 1.165) is 72.5 Å². The van der Waals surface area contributed by atoms with E-state index in [4.69, 9.17) is 18.9 Å². The first-order valence-corrected chi connectivity index (χ1v) is 14.1. The lowest BCUT2D eigenvalue weighted by Gasteiger charge is -2.39. The van der Waals surface area contributed by atoms with Crippen molar-refractivity contribution in [1.29, 1.82) is 0 Å². The van der Waals surface area contributed by atoms with Gasteiger partial charge in [0.1, 0.15) is 0 Å². The van der Waals surface area contributed by atoms with Gasteiger partial charge in [-0.15, -0.1) is 0 Å². The lowest BCUT2D eigenvalue weighted by Crippen LogP contribution is -2.48. The van der Waals surface area contributed by atoms with E-state index in [0.29, 0.717) is 17.9 Å². The monoisotopic (exact) mass is 557 g/mol. The highest BCUT2D eigenvalue weighted by atomic mass is 16.5. The van der Waals surface area contributed by atoms with Crippen LogP contribution in [0.5, 0.6) is 23.0 Å². The Labute approximate surface area is 241 Å². The number of rotatable bonds is 11. The molecule has 216 valence electrons. The van der Waals surface area contributed by atoms with Crippen LogP contribution >= 0.6 is 0 Å². The van der Waals surface area contributed by atoms with Gasteiger partial charge in [0.15, 0.2) is 23.0 Å². The molecule has 3 aromatic carbocycles. The molecule has 2 heterocycles. The van der Waals surface area contributed by atoms with Crippen LogP contribution in [0.1, 0.15) is 24.0 Å². The SMILES string of the molecule is COc1ccc(CCN2CCC(N(C(=O)Cc3ccc4[nH]ccc4c3)c3ccc(OC)c(OC)c3)CC2)cc1OC. The summed E-state index contributed by atoms with van der Waals surface area (Å²) in [4.78, 5) is 21.6. The molecule has 0 spiro atoms. The maximum Gasteiger partial charge on any atom is 0.231 e. The number of methoxy groups -OCH3 is 4. The molecule has 1 aliphatic heterocycles. The number of nitrogens with one attached hydrogen (secondary N) is 1. The molecule has 8 heteroatoms. The average Bonchev–Trinajstić information content (AvgIpc) is 3.48. The second kappa shape index (κ2) is 13.0. The molecule has 4 aromatic rings. The molecule has 8 nitrogen and oxygen atoms in total. The first-order valence-electron chi connectivity index (χ1n) is 14.1. The van der Waals surface area contributed by atoms with E-state index in [9.17, 15) is 4.79 Å². The van der Waals surface area contributed by atoms with Crippen LogP contribution in [-0.4, -0.2) is 69.9 Å². The van der Waals surface area contributed by atoms with Gasteiger partial charge >= 0.3 is 0 Å². The quantitative estimate of drug-likeness (QED) is 0.263. The van der Waals surface area contributed by atoms with Crippen molar-refractivity contribution >= 4 is 22.5 Å². The first-order chi connectivity index (χ1) is 20.0. The summed E-state index contributed by atoms with van der Waals surface area (Å²) < 4.78 is 21.9. The van der Waals surface area contributed by atoms with Gasteiger partial charge in [0, 0.05) is 49.1 Å². The van der Waals surface area contributed by atoms with E-state index >= 15 is 0 Å². The standard InChI is InChI=1S/C33H39N3O5/c1-38-29-9-6-23(20-31(29)40-3)12-16-35-17-13-26(14-18-35)36(27-7-10-30(39-2)32(22-27)41-4)33(37)21-24-5-8-28-25(19-24)11-15-34-28/h5-11,15,19-20,22,26,34H,12-14,16-18,21H2,1-4H3. The molecule has 1 aliphatic rings. The summed E-state index contributed by atoms with van der Waals surface area (Å²) in [5.41, 5.74) is 4.11. The Balaban J connectivity index is 1.30. The van der Waals surface area contributed by atoms with Crippen LogP contribution in [0.25, 0.3) is 10.9 Å². The predicted molar refractivity (Wildman–Crippen MR) is 162 cm³/mol. The molecule has 1 fully saturated rings. The summed E-state index contributed by atoms with van der Waals surface area (Å²) in [5.74, 6) is 2.83. The summed E-state index contributed by atoms with van der Waals surface area (Å²) in [5, 5.41) is 1.11. The van der Waals surface area contributed by atoms with Gasteiger partial charge in [-0.25, -0.2) is 0 Å². The van der Waals surface area contributed by atoms with Gasteiger partial charge in [-0.2, -0.15) is 0 Å². The van der Waals surface area contributed by atoms with Crippen molar-refractivity contribution in [2.75, 3.05) is 53.0 Å². The minimum atomic E-state index is 0.0795. The summed E-state index contributed by atoms with van der Waals surface area (Å²) in [6, 6.07) is 20.1. The number of benzene rings is 3. The smallest absolute Gasteiger partial charge is 0.231 e. The van der Waals surface area contributed by atoms with Gasteiger partial charge in [-0.1, -0.05) is 12.1 Å². The third-order valence-electron chi connectivity index (χ3n) is 7.97. The number of aromatic amines is 1. The number of fused-ring (bicyclic) bond motifs is 1. The Morgan fingerprint density at radius 1 is 0.805 bits per heavy atom. The van der Waals surface area contributed by atoms with E-state index in [2.05, 4.69) is 22.0 Å². The number of hydrogen-bond donors (Lipinski definition) is 1. The summed E-state index contributed by atoms with van der Waals surface area (Å²) >= 11 is 0. The number of amides is 1. The maximum atomic E-state index is 14.0. The molecule has 1 N–H and O–H groups in total. The number of nitrogens with zero attached hydrogens (tertiary/aromatic N) is 2. The zero-order valence-corrected chi connectivity index (χ0v) is 24.3. The Morgan fingerprint density at radius 3 is 2.17 bits per heavy atom. The summed E-state index contributed by atoms with van der Waals surface area (Å²) in [6.45, 7) is 2.79. The molecular weight excluding hydrogens is 518 g/mol. The van der Waals surface area contributed by atoms with Crippen molar-refractivity contribution in [3.8, 4) is 23.0 Å². The minimum Gasteiger partial charge on any atom is -0.493 e. The molecule has 0 bridgehead atoms. The highest BCUT2D eigenvalue weighted by molar-refractivity contribution is 5.96. The average molecular weight is 558 g/mol. The lowest BCUT2D eigenvalue weighted by molar-refractivity contribution is -0.118. The normalized spacial score (nSPS) is 14.1. The van der Waals surface area contributed by atoms with Gasteiger partial charge in [0.2, 0.25) is 5.91 Å². The van der Waals surface area contributed by atoms with Crippen LogP contribution in [0.3, 0.4) is 0 Å². The molecule has 1 saturated heterocycles. The largest absolute Gasteiger partial charge is 0.493 e. The van der Waals surface area contributed by atoms with Crippen LogP contribution in [0.2, 0.25) is 0 Å². The molecule has 0 radical (unpaired) electrons. The number of carbonyl (C=O) groups is 1. The van der Waals surface area contributed by atoms with Gasteiger partial charge < -0.3 is 33.7 Å². The van der Waals surface area contributed by atoms with Crippen LogP contribution in [0.15, 0.2) is 66.9 Å². The van der Waals surface area contributed by atoms with E-state index in [1.54, 1.807) is 28.4 Å². The van der Waals surface area contributed by atoms with Crippen molar-refractivity contribution in [3.05, 3.63) is 78.0 Å². The molecule has 0 unspecified atom stereocenters. The molecule has 5 rings (SSSR count). The second-order valence-corrected chi connectivity index (χ2v) is 10.4. The van der Waals surface area contributed by atoms with Gasteiger partial charge in [-0.3, -0.25) is 4.79 Å². The molecular formula is C33H39N3O5. The van der Waals surface area contributed by atoms with Crippen molar-refractivity contribution in [2.45, 2.75) is 31.7 Å². The molecule has 1 aromatic heterocycles. The summed E-state index contributed by atoms with van der Waals surface area (Å²) in [6.07, 6.45) is 4.96. The highest BCUT2D eigenvalue weighted by Gasteiger charge is 2.30. The van der Waals surface area contributed by atoms with Crippen molar-refractivity contribution in [3.63, 3.8) is 0 Å². The van der Waals surface area contributed by atoms with Crippen molar-refractivity contribution in [1.82, 2.24) is 9.88 Å². The molecule has 1 amide bonds. The summed E-state index contributed by atoms with van der Waals surface area (Å²) in [7, 11) is 6.56. The number of H-pyrrole nitrogens is 1. The lowest BCUT2D eigenvalue weighted by atomic mass is 9.99. The zero-order valence-electron chi connectivity index (χ0n) is 24.3. The fraction of sp³-hybridized carbons (Fsp3) is 0.364. The molecule has 0 aliphatic carbocycles. The number of piperidine rings is 1. The molecule has 0 atom stereocenters. The Kier molecular flexibility index (Phi) is 8.99. The second-order valence-electron chi connectivity index (χ2n) is 10.4. The topological polar surface area (TPSA) is 76.3 Å². The third kappa shape index (κ3) is 6.43. The maximum absolute atomic E-state index is 14.0. The van der Waals surface area contributed by atoms with Crippen molar-refractivity contribution in [2.24, 2.45) is 0 Å². The van der Waals surface area contributed by atoms with Crippen LogP contribution in [-0.2, 0) is 17.6 Å². The molecule has 41 heavy (non-hydrogen) atoms. The van der Waals surface area contributed by atoms with E-state index < -0.39 is 0 Å². The number of hydrogen-bond acceptors (Lipinski definition) is 6. The number of aromatic nitrogens is 1. The highest BCUT2D eigenvalue weighted by Crippen LogP contribution is 2.34. The Hall–Kier alpha value is -4.17. The van der Waals surface area contributed by atoms with E-state index in [-0.39, 0.29) is 11.9 Å². The zero-order chi connectivity index (χ0) is 28.8. The van der Waals surface area contributed by atoms with E-state index in [1.807, 2.05) is 59.6 Å². The number of ether oxygens (including phenoxy) is 4. The third-order valence-corrected chi connectivity index (χ3v) is 7.97. The Bertz CT molecular complexity index is 1480. The fourth-order valence-corrected chi connectivity index (χ4v) is 5.73. The minimum absolute atomic E-state index is 0.0795. The predicted octanol–water partition coefficient (Wildman–Crippen LogP) is 5.49. The van der Waals surface area contributed by atoms with E-state index in [1.165, 1.54) is 5.56 Å². The van der Waals surface area contributed by atoms with Crippen molar-refractivity contribution < 1.29 is 23.7 Å². The first kappa shape index (κ1) is 28.4. The fourth-order valence-electron chi connectivity index (χ4n) is 5.73. The molecule has 0 saturated carbocycles.